The second-order valence-electron chi connectivity index (χ2n) is 6.76. The molecule has 1 heterocycles. The highest BCUT2D eigenvalue weighted by Crippen LogP contribution is 2.43. The van der Waals surface area contributed by atoms with Crippen molar-refractivity contribution in [3.8, 4) is 0 Å². The third kappa shape index (κ3) is 3.12. The molecule has 0 aliphatic heterocycles. The van der Waals surface area contributed by atoms with E-state index in [1.807, 2.05) is 6.07 Å². The molecule has 1 aromatic rings. The normalized spacial score (nSPS) is 19.4. The van der Waals surface area contributed by atoms with Crippen LogP contribution >= 0.6 is 12.3 Å². The van der Waals surface area contributed by atoms with Crippen LogP contribution in [0.2, 0.25) is 0 Å². The molecule has 0 aromatic carbocycles. The number of aliphatic hydroxyl groups is 1. The number of ketones is 1. The summed E-state index contributed by atoms with van der Waals surface area (Å²) in [6, 6.07) is 1.88. The zero-order chi connectivity index (χ0) is 16.6. The molecule has 2 fully saturated rings. The molecule has 6 heteroatoms. The Balaban J connectivity index is 1.88. The lowest BCUT2D eigenvalue weighted by Gasteiger charge is -2.41. The van der Waals surface area contributed by atoms with Crippen LogP contribution < -0.4 is 5.32 Å². The lowest BCUT2D eigenvalue weighted by atomic mass is 9.77. The minimum Gasteiger partial charge on any atom is -0.394 e. The van der Waals surface area contributed by atoms with Gasteiger partial charge < -0.3 is 10.4 Å². The number of rotatable bonds is 8. The van der Waals surface area contributed by atoms with E-state index in [1.54, 1.807) is 0 Å². The van der Waals surface area contributed by atoms with Crippen molar-refractivity contribution in [2.75, 3.05) is 6.61 Å². The highest BCUT2D eigenvalue weighted by Gasteiger charge is 2.36. The minimum atomic E-state index is -0.250. The van der Waals surface area contributed by atoms with Gasteiger partial charge in [0.25, 0.3) is 0 Å². The number of halogens is 1. The number of Topliss-reactive ketones (excluding diaryl/α,β-unsaturated/α-hetero) is 1. The number of carbonyl (C=O) groups excluding carboxylic acids is 1. The van der Waals surface area contributed by atoms with Crippen LogP contribution in [0.5, 0.6) is 0 Å². The molecule has 126 valence electrons. The Morgan fingerprint density at radius 2 is 2.26 bits per heavy atom. The fraction of sp³-hybridized carbons (Fsp3) is 0.588. The van der Waals surface area contributed by atoms with Gasteiger partial charge in [-0.25, -0.2) is 0 Å². The van der Waals surface area contributed by atoms with Gasteiger partial charge in [0.1, 0.15) is 5.69 Å². The van der Waals surface area contributed by atoms with E-state index >= 15 is 0 Å². The average molecular weight is 338 g/mol. The molecule has 0 amide bonds. The van der Waals surface area contributed by atoms with Gasteiger partial charge in [0.2, 0.25) is 0 Å². The first kappa shape index (κ1) is 16.7. The third-order valence-electron chi connectivity index (χ3n) is 5.11. The Bertz CT molecular complexity index is 627. The Labute approximate surface area is 140 Å². The fourth-order valence-corrected chi connectivity index (χ4v) is 3.75. The predicted molar refractivity (Wildman–Crippen MR) is 90.8 cm³/mol. The molecule has 4 nitrogen and oxygen atoms in total. The summed E-state index contributed by atoms with van der Waals surface area (Å²) in [4.78, 5) is 12.0. The number of carbonyl (C=O) groups is 1. The van der Waals surface area contributed by atoms with E-state index in [-0.39, 0.29) is 30.3 Å². The van der Waals surface area contributed by atoms with Crippen LogP contribution in [0.1, 0.15) is 60.8 Å². The standard InChI is InChI=1S/C17H23FN2O2S/c1-11(13-4-5-13)15-8-14(20(23-18)16(15)12(2)22)9-19-17(10-21)6-3-7-17/h8,13,19,21H,1,3-7,9-10H2,2H3. The molecule has 2 N–H and O–H groups in total. The van der Waals surface area contributed by atoms with Crippen molar-refractivity contribution in [1.29, 1.82) is 0 Å². The first-order valence-electron chi connectivity index (χ1n) is 8.11. The number of aliphatic hydroxyl groups excluding tert-OH is 1. The second-order valence-corrected chi connectivity index (χ2v) is 7.27. The molecule has 0 bridgehead atoms. The second kappa shape index (κ2) is 6.42. The molecule has 23 heavy (non-hydrogen) atoms. The van der Waals surface area contributed by atoms with E-state index < -0.39 is 0 Å². The SMILES string of the molecule is C=C(c1cc(CNC2(CO)CCC2)n(SF)c1C(C)=O)C1CC1. The predicted octanol–water partition coefficient (Wildman–Crippen LogP) is 3.50. The maximum atomic E-state index is 13.5. The molecule has 2 aliphatic rings. The number of aromatic nitrogens is 1. The van der Waals surface area contributed by atoms with Gasteiger partial charge in [-0.15, -0.1) is 3.89 Å². The summed E-state index contributed by atoms with van der Waals surface area (Å²) in [5.41, 5.74) is 2.55. The van der Waals surface area contributed by atoms with Crippen LogP contribution in [0.25, 0.3) is 5.57 Å². The molecule has 0 saturated heterocycles. The molecule has 3 rings (SSSR count). The molecule has 2 saturated carbocycles. The summed E-state index contributed by atoms with van der Waals surface area (Å²) in [5, 5.41) is 12.9. The molecule has 0 radical (unpaired) electrons. The van der Waals surface area contributed by atoms with Crippen LogP contribution in [0.3, 0.4) is 0 Å². The lowest BCUT2D eigenvalue weighted by Crippen LogP contribution is -2.53. The monoisotopic (exact) mass is 338 g/mol. The van der Waals surface area contributed by atoms with Gasteiger partial charge in [-0.3, -0.25) is 8.77 Å². The minimum absolute atomic E-state index is 0.0568. The molecule has 2 aliphatic carbocycles. The van der Waals surface area contributed by atoms with Crippen molar-refractivity contribution in [3.63, 3.8) is 0 Å². The van der Waals surface area contributed by atoms with E-state index in [0.29, 0.717) is 23.9 Å². The fourth-order valence-electron chi connectivity index (χ4n) is 3.25. The van der Waals surface area contributed by atoms with E-state index in [9.17, 15) is 13.8 Å². The molecule has 0 unspecified atom stereocenters. The quantitative estimate of drug-likeness (QED) is 0.712. The number of hydrogen-bond donors (Lipinski definition) is 2. The van der Waals surface area contributed by atoms with Gasteiger partial charge in [-0.2, -0.15) is 0 Å². The highest BCUT2D eigenvalue weighted by atomic mass is 32.2. The smallest absolute Gasteiger partial charge is 0.177 e. The van der Waals surface area contributed by atoms with Crippen molar-refractivity contribution in [2.45, 2.75) is 51.1 Å². The Morgan fingerprint density at radius 3 is 2.70 bits per heavy atom. The van der Waals surface area contributed by atoms with Gasteiger partial charge in [0.05, 0.1) is 6.61 Å². The topological polar surface area (TPSA) is 54.3 Å². The summed E-state index contributed by atoms with van der Waals surface area (Å²) in [6.07, 6.45) is 5.12. The Morgan fingerprint density at radius 1 is 1.57 bits per heavy atom. The zero-order valence-electron chi connectivity index (χ0n) is 13.4. The van der Waals surface area contributed by atoms with E-state index in [0.717, 1.165) is 43.2 Å². The van der Waals surface area contributed by atoms with Crippen LogP contribution in [-0.4, -0.2) is 27.0 Å². The van der Waals surface area contributed by atoms with Crippen LogP contribution in [0.15, 0.2) is 12.6 Å². The summed E-state index contributed by atoms with van der Waals surface area (Å²) in [6.45, 7) is 6.08. The largest absolute Gasteiger partial charge is 0.394 e. The van der Waals surface area contributed by atoms with Crippen LogP contribution in [-0.2, 0) is 6.54 Å². The van der Waals surface area contributed by atoms with Crippen molar-refractivity contribution >= 4 is 23.7 Å². The average Bonchev–Trinajstić information content (AvgIpc) is 3.26. The van der Waals surface area contributed by atoms with Crippen LogP contribution in [0, 0.1) is 5.92 Å². The number of nitrogens with zero attached hydrogens (tertiary/aromatic N) is 1. The van der Waals surface area contributed by atoms with E-state index in [2.05, 4.69) is 11.9 Å². The summed E-state index contributed by atoms with van der Waals surface area (Å²) >= 11 is 0.0568. The number of allylic oxidation sites excluding steroid dienone is 1. The van der Waals surface area contributed by atoms with Crippen molar-refractivity contribution in [1.82, 2.24) is 9.29 Å². The first-order chi connectivity index (χ1) is 11.0. The van der Waals surface area contributed by atoms with Gasteiger partial charge >= 0.3 is 0 Å². The molecule has 0 spiro atoms. The zero-order valence-corrected chi connectivity index (χ0v) is 14.2. The van der Waals surface area contributed by atoms with Gasteiger partial charge in [0, 0.05) is 30.3 Å². The lowest BCUT2D eigenvalue weighted by molar-refractivity contribution is 0.0867. The van der Waals surface area contributed by atoms with Gasteiger partial charge in [-0.1, -0.05) is 6.58 Å². The molecular formula is C17H23FN2O2S. The molecular weight excluding hydrogens is 315 g/mol. The molecule has 1 aromatic heterocycles. The Kier molecular flexibility index (Phi) is 4.67. The maximum Gasteiger partial charge on any atom is 0.177 e. The highest BCUT2D eigenvalue weighted by molar-refractivity contribution is 7.92. The summed E-state index contributed by atoms with van der Waals surface area (Å²) < 4.78 is 14.9. The van der Waals surface area contributed by atoms with E-state index in [1.165, 1.54) is 10.9 Å². The number of hydrogen-bond acceptors (Lipinski definition) is 4. The first-order valence-corrected chi connectivity index (χ1v) is 8.78. The van der Waals surface area contributed by atoms with Crippen LogP contribution in [0.4, 0.5) is 3.89 Å². The third-order valence-corrected chi connectivity index (χ3v) is 5.66. The van der Waals surface area contributed by atoms with Crippen molar-refractivity contribution < 1.29 is 13.8 Å². The van der Waals surface area contributed by atoms with Gasteiger partial charge in [-0.05, 0) is 49.7 Å². The van der Waals surface area contributed by atoms with Crippen molar-refractivity contribution in [2.24, 2.45) is 5.92 Å². The van der Waals surface area contributed by atoms with Crippen molar-refractivity contribution in [3.05, 3.63) is 29.6 Å². The Hall–Kier alpha value is -1.11. The van der Waals surface area contributed by atoms with E-state index in [4.69, 9.17) is 0 Å². The maximum absolute atomic E-state index is 13.5. The summed E-state index contributed by atoms with van der Waals surface area (Å²) in [5.74, 6) is 0.267. The number of nitrogens with one attached hydrogen (secondary N) is 1. The molecule has 0 atom stereocenters. The summed E-state index contributed by atoms with van der Waals surface area (Å²) in [7, 11) is 0. The van der Waals surface area contributed by atoms with Gasteiger partial charge in [0.15, 0.2) is 18.1 Å².